The van der Waals surface area contributed by atoms with Gasteiger partial charge in [-0.1, -0.05) is 17.7 Å². The van der Waals surface area contributed by atoms with E-state index in [1.807, 2.05) is 24.3 Å². The molecule has 0 aliphatic carbocycles. The molecule has 0 spiro atoms. The highest BCUT2D eigenvalue weighted by atomic mass is 79.9. The van der Waals surface area contributed by atoms with Crippen molar-refractivity contribution in [1.82, 2.24) is 10.2 Å². The van der Waals surface area contributed by atoms with Gasteiger partial charge in [-0.3, -0.25) is 5.10 Å². The van der Waals surface area contributed by atoms with Crippen molar-refractivity contribution in [2.75, 3.05) is 0 Å². The number of hydrogen-bond donors (Lipinski definition) is 1. The molecule has 0 saturated carbocycles. The van der Waals surface area contributed by atoms with Crippen LogP contribution < -0.4 is 0 Å². The second-order valence-corrected chi connectivity index (χ2v) is 3.86. The molecule has 1 aromatic heterocycles. The van der Waals surface area contributed by atoms with Crippen LogP contribution >= 0.6 is 27.5 Å². The van der Waals surface area contributed by atoms with Crippen LogP contribution in [0.15, 0.2) is 34.9 Å². The zero-order valence-corrected chi connectivity index (χ0v) is 8.93. The summed E-state index contributed by atoms with van der Waals surface area (Å²) in [6.45, 7) is 0. The number of rotatable bonds is 1. The van der Waals surface area contributed by atoms with Crippen molar-refractivity contribution in [1.29, 1.82) is 0 Å². The first kappa shape index (κ1) is 8.78. The molecular weight excluding hydrogens is 251 g/mol. The summed E-state index contributed by atoms with van der Waals surface area (Å²) in [4.78, 5) is 0. The maximum atomic E-state index is 5.95. The van der Waals surface area contributed by atoms with Crippen molar-refractivity contribution in [3.63, 3.8) is 0 Å². The summed E-state index contributed by atoms with van der Waals surface area (Å²) in [5.74, 6) is 0. The third-order valence-electron chi connectivity index (χ3n) is 1.73. The molecule has 13 heavy (non-hydrogen) atoms. The highest BCUT2D eigenvalue weighted by Gasteiger charge is 2.01. The molecule has 0 fully saturated rings. The van der Waals surface area contributed by atoms with Crippen molar-refractivity contribution in [3.05, 3.63) is 40.0 Å². The Labute approximate surface area is 89.1 Å². The van der Waals surface area contributed by atoms with Gasteiger partial charge in [0, 0.05) is 16.2 Å². The minimum Gasteiger partial charge on any atom is -0.278 e. The van der Waals surface area contributed by atoms with Crippen LogP contribution in [0.2, 0.25) is 5.02 Å². The van der Waals surface area contributed by atoms with E-state index < -0.39 is 0 Å². The zero-order valence-electron chi connectivity index (χ0n) is 6.59. The van der Waals surface area contributed by atoms with Crippen LogP contribution in [0.3, 0.4) is 0 Å². The first-order valence-corrected chi connectivity index (χ1v) is 4.89. The molecule has 0 atom stereocenters. The molecular formula is C9H6BrClN2. The summed E-state index contributed by atoms with van der Waals surface area (Å²) < 4.78 is 0.900. The second-order valence-electron chi connectivity index (χ2n) is 2.60. The molecule has 0 bridgehead atoms. The molecule has 0 amide bonds. The monoisotopic (exact) mass is 256 g/mol. The Morgan fingerprint density at radius 2 is 2.15 bits per heavy atom. The van der Waals surface area contributed by atoms with Crippen molar-refractivity contribution < 1.29 is 0 Å². The van der Waals surface area contributed by atoms with E-state index in [4.69, 9.17) is 11.6 Å². The van der Waals surface area contributed by atoms with E-state index in [0.29, 0.717) is 5.02 Å². The topological polar surface area (TPSA) is 28.7 Å². The predicted octanol–water partition coefficient (Wildman–Crippen LogP) is 3.49. The first-order valence-electron chi connectivity index (χ1n) is 3.72. The van der Waals surface area contributed by atoms with E-state index in [2.05, 4.69) is 26.1 Å². The maximum Gasteiger partial charge on any atom is 0.0650 e. The van der Waals surface area contributed by atoms with Gasteiger partial charge in [0.05, 0.1) is 10.7 Å². The molecule has 0 aliphatic rings. The van der Waals surface area contributed by atoms with Gasteiger partial charge in [0.2, 0.25) is 0 Å². The number of nitrogens with zero attached hydrogens (tertiary/aromatic N) is 1. The fourth-order valence-corrected chi connectivity index (χ4v) is 1.51. The number of hydrogen-bond acceptors (Lipinski definition) is 1. The average molecular weight is 258 g/mol. The van der Waals surface area contributed by atoms with Gasteiger partial charge in [-0.15, -0.1) is 0 Å². The normalized spacial score (nSPS) is 10.3. The number of aromatic amines is 1. The van der Waals surface area contributed by atoms with E-state index in [-0.39, 0.29) is 0 Å². The van der Waals surface area contributed by atoms with Gasteiger partial charge in [0.1, 0.15) is 0 Å². The van der Waals surface area contributed by atoms with Crippen LogP contribution in [0.25, 0.3) is 11.3 Å². The molecule has 66 valence electrons. The van der Waals surface area contributed by atoms with Crippen molar-refractivity contribution >= 4 is 27.5 Å². The van der Waals surface area contributed by atoms with E-state index in [9.17, 15) is 0 Å². The van der Waals surface area contributed by atoms with Gasteiger partial charge in [-0.25, -0.2) is 0 Å². The molecule has 1 aromatic carbocycles. The minimum atomic E-state index is 0.701. The Kier molecular flexibility index (Phi) is 2.38. The van der Waals surface area contributed by atoms with Crippen LogP contribution in [0.4, 0.5) is 0 Å². The second kappa shape index (κ2) is 3.52. The van der Waals surface area contributed by atoms with Crippen LogP contribution in [-0.2, 0) is 0 Å². The highest BCUT2D eigenvalue weighted by Crippen LogP contribution is 2.27. The Hall–Kier alpha value is -0.800. The molecule has 0 aliphatic heterocycles. The van der Waals surface area contributed by atoms with Crippen molar-refractivity contribution in [2.45, 2.75) is 0 Å². The lowest BCUT2D eigenvalue weighted by Crippen LogP contribution is -1.78. The average Bonchev–Trinajstić information content (AvgIpc) is 2.62. The Morgan fingerprint density at radius 1 is 1.31 bits per heavy atom. The van der Waals surface area contributed by atoms with E-state index in [1.165, 1.54) is 0 Å². The highest BCUT2D eigenvalue weighted by molar-refractivity contribution is 9.10. The molecule has 0 unspecified atom stereocenters. The molecule has 1 heterocycles. The lowest BCUT2D eigenvalue weighted by Gasteiger charge is -1.99. The first-order chi connectivity index (χ1) is 6.27. The van der Waals surface area contributed by atoms with Gasteiger partial charge in [0.25, 0.3) is 0 Å². The molecule has 2 aromatic rings. The quantitative estimate of drug-likeness (QED) is 0.832. The molecule has 2 rings (SSSR count). The van der Waals surface area contributed by atoms with Gasteiger partial charge in [-0.05, 0) is 34.1 Å². The van der Waals surface area contributed by atoms with E-state index in [0.717, 1.165) is 15.7 Å². The van der Waals surface area contributed by atoms with Crippen LogP contribution in [0.1, 0.15) is 0 Å². The summed E-state index contributed by atoms with van der Waals surface area (Å²) in [6.07, 6.45) is 1.71. The molecule has 0 saturated heterocycles. The largest absolute Gasteiger partial charge is 0.278 e. The summed E-state index contributed by atoms with van der Waals surface area (Å²) in [5.41, 5.74) is 2.00. The SMILES string of the molecule is Clc1cc(-c2ccn[nH]2)ccc1Br. The molecule has 2 nitrogen and oxygen atoms in total. The van der Waals surface area contributed by atoms with Crippen LogP contribution in [0, 0.1) is 0 Å². The number of H-pyrrole nitrogens is 1. The third kappa shape index (κ3) is 1.76. The van der Waals surface area contributed by atoms with Gasteiger partial charge in [0.15, 0.2) is 0 Å². The number of nitrogens with one attached hydrogen (secondary N) is 1. The summed E-state index contributed by atoms with van der Waals surface area (Å²) in [6, 6.07) is 7.68. The van der Waals surface area contributed by atoms with Gasteiger partial charge < -0.3 is 0 Å². The zero-order chi connectivity index (χ0) is 9.26. The maximum absolute atomic E-state index is 5.95. The fraction of sp³-hybridized carbons (Fsp3) is 0. The van der Waals surface area contributed by atoms with Gasteiger partial charge >= 0.3 is 0 Å². The van der Waals surface area contributed by atoms with E-state index in [1.54, 1.807) is 6.20 Å². The summed E-state index contributed by atoms with van der Waals surface area (Å²) in [7, 11) is 0. The fourth-order valence-electron chi connectivity index (χ4n) is 1.08. The third-order valence-corrected chi connectivity index (χ3v) is 2.96. The summed E-state index contributed by atoms with van der Waals surface area (Å²) in [5, 5.41) is 7.45. The van der Waals surface area contributed by atoms with Crippen LogP contribution in [0.5, 0.6) is 0 Å². The molecule has 4 heteroatoms. The standard InChI is InChI=1S/C9H6BrClN2/c10-7-2-1-6(5-8(7)11)9-3-4-12-13-9/h1-5H,(H,12,13). The smallest absolute Gasteiger partial charge is 0.0650 e. The van der Waals surface area contributed by atoms with E-state index >= 15 is 0 Å². The lowest BCUT2D eigenvalue weighted by atomic mass is 10.2. The van der Waals surface area contributed by atoms with Gasteiger partial charge in [-0.2, -0.15) is 5.10 Å². The minimum absolute atomic E-state index is 0.701. The number of benzene rings is 1. The molecule has 0 radical (unpaired) electrons. The van der Waals surface area contributed by atoms with Crippen LogP contribution in [-0.4, -0.2) is 10.2 Å². The molecule has 1 N–H and O–H groups in total. The Balaban J connectivity index is 2.49. The summed E-state index contributed by atoms with van der Waals surface area (Å²) >= 11 is 9.28. The predicted molar refractivity (Wildman–Crippen MR) is 56.7 cm³/mol. The Morgan fingerprint density at radius 3 is 2.77 bits per heavy atom. The number of halogens is 2. The Bertz CT molecular complexity index is 412. The van der Waals surface area contributed by atoms with Crippen molar-refractivity contribution in [2.24, 2.45) is 0 Å². The number of aromatic nitrogens is 2. The van der Waals surface area contributed by atoms with Crippen molar-refractivity contribution in [3.8, 4) is 11.3 Å². The lowest BCUT2D eigenvalue weighted by molar-refractivity contribution is 1.10.